The predicted octanol–water partition coefficient (Wildman–Crippen LogP) is 2.13. The Kier molecular flexibility index (Phi) is 4.50. The molecule has 0 bridgehead atoms. The van der Waals surface area contributed by atoms with Crippen LogP contribution in [-0.2, 0) is 9.53 Å². The van der Waals surface area contributed by atoms with Gasteiger partial charge < -0.3 is 10.1 Å². The van der Waals surface area contributed by atoms with E-state index >= 15 is 0 Å². The van der Waals surface area contributed by atoms with E-state index in [0.29, 0.717) is 0 Å². The van der Waals surface area contributed by atoms with E-state index in [0.717, 1.165) is 0 Å². The maximum absolute atomic E-state index is 11.0. The molecule has 1 aromatic rings. The molecule has 0 saturated carbocycles. The van der Waals surface area contributed by atoms with Crippen molar-refractivity contribution in [3.63, 3.8) is 0 Å². The first-order valence-electron chi connectivity index (χ1n) is 5.41. The molecule has 0 aromatic heterocycles. The number of carbonyl (C=O) groups is 1. The summed E-state index contributed by atoms with van der Waals surface area (Å²) in [4.78, 5) is 11.0. The third-order valence-corrected chi connectivity index (χ3v) is 2.52. The number of esters is 1. The average molecular weight is 221 g/mol. The molecule has 1 unspecified atom stereocenters. The van der Waals surface area contributed by atoms with Crippen LogP contribution in [-0.4, -0.2) is 19.6 Å². The molecule has 3 nitrogen and oxygen atoms in total. The Hall–Kier alpha value is -1.35. The van der Waals surface area contributed by atoms with Gasteiger partial charge in [-0.25, -0.2) is 0 Å². The summed E-state index contributed by atoms with van der Waals surface area (Å²) in [6, 6.07) is 6.54. The van der Waals surface area contributed by atoms with Gasteiger partial charge in [-0.3, -0.25) is 4.79 Å². The summed E-state index contributed by atoms with van der Waals surface area (Å²) in [5.74, 6) is -0.240. The molecular formula is C13H19NO2. The van der Waals surface area contributed by atoms with Gasteiger partial charge in [-0.1, -0.05) is 29.3 Å². The smallest absolute Gasteiger partial charge is 0.319 e. The largest absolute Gasteiger partial charge is 0.468 e. The van der Waals surface area contributed by atoms with Crippen molar-refractivity contribution < 1.29 is 9.53 Å². The Balaban J connectivity index is 2.65. The molecule has 3 heteroatoms. The van der Waals surface area contributed by atoms with Gasteiger partial charge in [0, 0.05) is 6.04 Å². The molecule has 0 aliphatic heterocycles. The lowest BCUT2D eigenvalue weighted by Crippen LogP contribution is -2.26. The molecule has 88 valence electrons. The van der Waals surface area contributed by atoms with Gasteiger partial charge in [0.05, 0.1) is 13.7 Å². The number of benzene rings is 1. The predicted molar refractivity (Wildman–Crippen MR) is 64.3 cm³/mol. The van der Waals surface area contributed by atoms with Crippen molar-refractivity contribution in [3.05, 3.63) is 34.9 Å². The molecule has 0 amide bonds. The van der Waals surface area contributed by atoms with Gasteiger partial charge in [-0.15, -0.1) is 0 Å². The Morgan fingerprint density at radius 2 is 1.88 bits per heavy atom. The van der Waals surface area contributed by atoms with E-state index in [-0.39, 0.29) is 18.6 Å². The van der Waals surface area contributed by atoms with Crippen molar-refractivity contribution in [2.45, 2.75) is 26.8 Å². The van der Waals surface area contributed by atoms with Gasteiger partial charge in [-0.05, 0) is 26.3 Å². The van der Waals surface area contributed by atoms with E-state index < -0.39 is 0 Å². The van der Waals surface area contributed by atoms with Gasteiger partial charge in [-0.2, -0.15) is 0 Å². The Bertz CT molecular complexity index is 354. The van der Waals surface area contributed by atoms with E-state index in [9.17, 15) is 4.79 Å². The molecule has 0 fully saturated rings. The summed E-state index contributed by atoms with van der Waals surface area (Å²) in [5, 5.41) is 3.13. The van der Waals surface area contributed by atoms with Crippen molar-refractivity contribution in [1.82, 2.24) is 5.32 Å². The molecule has 0 saturated heterocycles. The first-order chi connectivity index (χ1) is 7.52. The second kappa shape index (κ2) is 5.66. The van der Waals surface area contributed by atoms with Gasteiger partial charge in [0.25, 0.3) is 0 Å². The minimum Gasteiger partial charge on any atom is -0.468 e. The number of hydrogen-bond acceptors (Lipinski definition) is 3. The number of hydrogen-bond donors (Lipinski definition) is 1. The van der Waals surface area contributed by atoms with E-state index in [1.807, 2.05) is 6.92 Å². The molecule has 0 aliphatic carbocycles. The third-order valence-electron chi connectivity index (χ3n) is 2.52. The summed E-state index contributed by atoms with van der Waals surface area (Å²) < 4.78 is 4.58. The Morgan fingerprint density at radius 1 is 1.31 bits per heavy atom. The topological polar surface area (TPSA) is 38.3 Å². The van der Waals surface area contributed by atoms with Gasteiger partial charge >= 0.3 is 5.97 Å². The molecule has 16 heavy (non-hydrogen) atoms. The molecule has 0 heterocycles. The lowest BCUT2D eigenvalue weighted by molar-refractivity contribution is -0.139. The average Bonchev–Trinajstić information content (AvgIpc) is 2.23. The molecule has 1 N–H and O–H groups in total. The second-order valence-corrected chi connectivity index (χ2v) is 4.10. The fraction of sp³-hybridized carbons (Fsp3) is 0.462. The van der Waals surface area contributed by atoms with Gasteiger partial charge in [0.2, 0.25) is 0 Å². The first-order valence-corrected chi connectivity index (χ1v) is 5.41. The normalized spacial score (nSPS) is 12.2. The number of aryl methyl sites for hydroxylation is 2. The lowest BCUT2D eigenvalue weighted by atomic mass is 10.0. The van der Waals surface area contributed by atoms with Crippen LogP contribution >= 0.6 is 0 Å². The SMILES string of the molecule is COC(=O)CNC(C)c1cc(C)cc(C)c1. The highest BCUT2D eigenvalue weighted by atomic mass is 16.5. The van der Waals surface area contributed by atoms with Gasteiger partial charge in [0.15, 0.2) is 0 Å². The summed E-state index contributed by atoms with van der Waals surface area (Å²) in [7, 11) is 1.39. The van der Waals surface area contributed by atoms with Crippen LogP contribution in [0.25, 0.3) is 0 Å². The highest BCUT2D eigenvalue weighted by Gasteiger charge is 2.08. The minimum atomic E-state index is -0.240. The van der Waals surface area contributed by atoms with Crippen molar-refractivity contribution in [2.24, 2.45) is 0 Å². The molecule has 0 aliphatic rings. The monoisotopic (exact) mass is 221 g/mol. The second-order valence-electron chi connectivity index (χ2n) is 4.10. The molecule has 1 atom stereocenters. The first kappa shape index (κ1) is 12.7. The van der Waals surface area contributed by atoms with Crippen molar-refractivity contribution >= 4 is 5.97 Å². The number of rotatable bonds is 4. The van der Waals surface area contributed by atoms with Gasteiger partial charge in [0.1, 0.15) is 0 Å². The highest BCUT2D eigenvalue weighted by molar-refractivity contribution is 5.71. The number of ether oxygens (including phenoxy) is 1. The van der Waals surface area contributed by atoms with E-state index in [2.05, 4.69) is 42.1 Å². The van der Waals surface area contributed by atoms with E-state index in [1.54, 1.807) is 0 Å². The maximum Gasteiger partial charge on any atom is 0.319 e. The summed E-state index contributed by atoms with van der Waals surface area (Å²) in [5.41, 5.74) is 3.67. The van der Waals surface area contributed by atoms with E-state index in [1.165, 1.54) is 23.8 Å². The van der Waals surface area contributed by atoms with E-state index in [4.69, 9.17) is 0 Å². The fourth-order valence-electron chi connectivity index (χ4n) is 1.69. The maximum atomic E-state index is 11.0. The summed E-state index contributed by atoms with van der Waals surface area (Å²) >= 11 is 0. The van der Waals surface area contributed by atoms with Crippen LogP contribution in [0.2, 0.25) is 0 Å². The quantitative estimate of drug-likeness (QED) is 0.791. The van der Waals surface area contributed by atoms with Crippen molar-refractivity contribution in [2.75, 3.05) is 13.7 Å². The third kappa shape index (κ3) is 3.66. The summed E-state index contributed by atoms with van der Waals surface area (Å²) in [6.45, 7) is 6.43. The lowest BCUT2D eigenvalue weighted by Gasteiger charge is -2.14. The van der Waals surface area contributed by atoms with Crippen molar-refractivity contribution in [3.8, 4) is 0 Å². The standard InChI is InChI=1S/C13H19NO2/c1-9-5-10(2)7-12(6-9)11(3)14-8-13(15)16-4/h5-7,11,14H,8H2,1-4H3. The van der Waals surface area contributed by atoms with Crippen LogP contribution in [0.4, 0.5) is 0 Å². The number of methoxy groups -OCH3 is 1. The molecule has 0 radical (unpaired) electrons. The zero-order valence-electron chi connectivity index (χ0n) is 10.3. The Labute approximate surface area is 96.8 Å². The highest BCUT2D eigenvalue weighted by Crippen LogP contribution is 2.16. The fourth-order valence-corrected chi connectivity index (χ4v) is 1.69. The summed E-state index contributed by atoms with van der Waals surface area (Å²) in [6.07, 6.45) is 0. The van der Waals surface area contributed by atoms with Crippen LogP contribution in [0.1, 0.15) is 29.7 Å². The molecule has 1 rings (SSSR count). The van der Waals surface area contributed by atoms with Crippen LogP contribution in [0.5, 0.6) is 0 Å². The molecule has 0 spiro atoms. The molecule has 1 aromatic carbocycles. The van der Waals surface area contributed by atoms with Crippen molar-refractivity contribution in [1.29, 1.82) is 0 Å². The van der Waals surface area contributed by atoms with Crippen LogP contribution < -0.4 is 5.32 Å². The Morgan fingerprint density at radius 3 is 2.38 bits per heavy atom. The zero-order valence-corrected chi connectivity index (χ0v) is 10.3. The van der Waals surface area contributed by atoms with Crippen LogP contribution in [0, 0.1) is 13.8 Å². The number of carbonyl (C=O) groups excluding carboxylic acids is 1. The number of nitrogens with one attached hydrogen (secondary N) is 1. The zero-order chi connectivity index (χ0) is 12.1. The minimum absolute atomic E-state index is 0.151. The van der Waals surface area contributed by atoms with Crippen LogP contribution in [0.15, 0.2) is 18.2 Å². The molecular weight excluding hydrogens is 202 g/mol. The van der Waals surface area contributed by atoms with Crippen LogP contribution in [0.3, 0.4) is 0 Å².